The van der Waals surface area contributed by atoms with Crippen LogP contribution >= 0.6 is 0 Å². The first-order valence-electron chi connectivity index (χ1n) is 5.93. The van der Waals surface area contributed by atoms with Crippen molar-refractivity contribution in [2.45, 2.75) is 13.5 Å². The van der Waals surface area contributed by atoms with Crippen molar-refractivity contribution >= 4 is 11.6 Å². The van der Waals surface area contributed by atoms with E-state index < -0.39 is 0 Å². The van der Waals surface area contributed by atoms with Gasteiger partial charge in [0.05, 0.1) is 0 Å². The van der Waals surface area contributed by atoms with E-state index >= 15 is 0 Å². The number of rotatable bonds is 4. The molecule has 1 heterocycles. The van der Waals surface area contributed by atoms with Crippen LogP contribution in [0.3, 0.4) is 0 Å². The van der Waals surface area contributed by atoms with E-state index in [1.54, 1.807) is 6.07 Å². The topological polar surface area (TPSA) is 64.8 Å². The van der Waals surface area contributed by atoms with Crippen LogP contribution in [0.1, 0.15) is 11.1 Å². The van der Waals surface area contributed by atoms with Gasteiger partial charge in [0.1, 0.15) is 18.0 Å². The monoisotopic (exact) mass is 253 g/mol. The zero-order valence-electron chi connectivity index (χ0n) is 11.0. The molecule has 5 heteroatoms. The molecule has 0 aliphatic heterocycles. The van der Waals surface area contributed by atoms with Crippen LogP contribution in [-0.2, 0) is 6.54 Å². The van der Waals surface area contributed by atoms with Crippen molar-refractivity contribution in [2.75, 3.05) is 17.3 Å². The molecule has 0 bridgehead atoms. The highest BCUT2D eigenvalue weighted by atomic mass is 15.2. The molecule has 0 unspecified atom stereocenters. The van der Waals surface area contributed by atoms with E-state index in [4.69, 9.17) is 5.26 Å². The molecule has 1 N–H and O–H groups in total. The van der Waals surface area contributed by atoms with Gasteiger partial charge in [-0.3, -0.25) is 5.32 Å². The molecule has 0 amide bonds. The normalized spacial score (nSPS) is 9.74. The minimum Gasteiger partial charge on any atom is -0.355 e. The van der Waals surface area contributed by atoms with Crippen LogP contribution in [-0.4, -0.2) is 17.0 Å². The molecule has 2 aromatic rings. The molecule has 0 aliphatic carbocycles. The lowest BCUT2D eigenvalue weighted by Gasteiger charge is -2.19. The number of nitriles is 1. The Hall–Kier alpha value is -2.61. The molecule has 0 spiro atoms. The van der Waals surface area contributed by atoms with E-state index in [2.05, 4.69) is 34.3 Å². The second-order valence-electron chi connectivity index (χ2n) is 4.28. The summed E-state index contributed by atoms with van der Waals surface area (Å²) in [4.78, 5) is 10.2. The molecular weight excluding hydrogens is 238 g/mol. The Labute approximate surface area is 112 Å². The van der Waals surface area contributed by atoms with Gasteiger partial charge in [-0.25, -0.2) is 9.97 Å². The minimum atomic E-state index is 0.504. The van der Waals surface area contributed by atoms with Crippen molar-refractivity contribution in [3.05, 3.63) is 47.8 Å². The van der Waals surface area contributed by atoms with Crippen molar-refractivity contribution in [2.24, 2.45) is 0 Å². The summed E-state index contributed by atoms with van der Waals surface area (Å²) < 4.78 is 0. The highest BCUT2D eigenvalue weighted by Gasteiger charge is 2.06. The van der Waals surface area contributed by atoms with Gasteiger partial charge in [0, 0.05) is 19.7 Å². The highest BCUT2D eigenvalue weighted by molar-refractivity contribution is 5.50. The Morgan fingerprint density at radius 2 is 2.11 bits per heavy atom. The number of hydrogen-bond acceptors (Lipinski definition) is 5. The summed E-state index contributed by atoms with van der Waals surface area (Å²) in [5.74, 6) is 1.28. The van der Waals surface area contributed by atoms with Gasteiger partial charge in [-0.15, -0.1) is 0 Å². The van der Waals surface area contributed by atoms with Crippen LogP contribution in [0.4, 0.5) is 11.6 Å². The van der Waals surface area contributed by atoms with Gasteiger partial charge in [0.25, 0.3) is 0 Å². The first-order valence-corrected chi connectivity index (χ1v) is 5.93. The van der Waals surface area contributed by atoms with Crippen molar-refractivity contribution in [1.82, 2.24) is 9.97 Å². The summed E-state index contributed by atoms with van der Waals surface area (Å²) in [5, 5.41) is 11.1. The molecule has 0 saturated carbocycles. The Kier molecular flexibility index (Phi) is 3.94. The number of aryl methyl sites for hydroxylation is 1. The molecule has 0 atom stereocenters. The third-order valence-corrected chi connectivity index (χ3v) is 2.90. The van der Waals surface area contributed by atoms with Gasteiger partial charge in [-0.1, -0.05) is 24.3 Å². The smallest absolute Gasteiger partial charge is 0.182 e. The van der Waals surface area contributed by atoms with E-state index in [9.17, 15) is 0 Å². The Bertz CT molecular complexity index is 603. The van der Waals surface area contributed by atoms with E-state index in [0.717, 1.165) is 12.4 Å². The lowest BCUT2D eigenvalue weighted by Crippen LogP contribution is -2.18. The first-order chi connectivity index (χ1) is 9.20. The van der Waals surface area contributed by atoms with Crippen LogP contribution in [0.2, 0.25) is 0 Å². The third-order valence-electron chi connectivity index (χ3n) is 2.90. The van der Waals surface area contributed by atoms with Gasteiger partial charge < -0.3 is 4.90 Å². The molecule has 5 nitrogen and oxygen atoms in total. The summed E-state index contributed by atoms with van der Waals surface area (Å²) in [5.41, 5.74) is 2.50. The number of nitrogens with zero attached hydrogens (tertiary/aromatic N) is 4. The average molecular weight is 253 g/mol. The molecule has 0 radical (unpaired) electrons. The fraction of sp³-hybridized carbons (Fsp3) is 0.214. The van der Waals surface area contributed by atoms with E-state index in [-0.39, 0.29) is 0 Å². The summed E-state index contributed by atoms with van der Waals surface area (Å²) in [7, 11) is 1.96. The van der Waals surface area contributed by atoms with Gasteiger partial charge in [0.15, 0.2) is 6.19 Å². The Balaban J connectivity index is 2.16. The van der Waals surface area contributed by atoms with Crippen LogP contribution in [0.15, 0.2) is 36.7 Å². The van der Waals surface area contributed by atoms with Gasteiger partial charge >= 0.3 is 0 Å². The number of anilines is 2. The second-order valence-corrected chi connectivity index (χ2v) is 4.28. The average Bonchev–Trinajstić information content (AvgIpc) is 2.42. The van der Waals surface area contributed by atoms with Gasteiger partial charge in [-0.05, 0) is 18.1 Å². The standard InChI is InChI=1S/C14H15N5/c1-11-5-3-4-6-12(11)8-19(2)14-7-13(16-9-15)17-10-18-14/h3-7,10H,8H2,1-2H3,(H,16,17,18). The minimum absolute atomic E-state index is 0.504. The first kappa shape index (κ1) is 12.8. The van der Waals surface area contributed by atoms with Gasteiger partial charge in [-0.2, -0.15) is 5.26 Å². The van der Waals surface area contributed by atoms with Crippen molar-refractivity contribution in [3.63, 3.8) is 0 Å². The van der Waals surface area contributed by atoms with Crippen LogP contribution < -0.4 is 10.2 Å². The summed E-state index contributed by atoms with van der Waals surface area (Å²) in [6.07, 6.45) is 3.30. The largest absolute Gasteiger partial charge is 0.355 e. The highest BCUT2D eigenvalue weighted by Crippen LogP contribution is 2.16. The summed E-state index contributed by atoms with van der Waals surface area (Å²) >= 11 is 0. The van der Waals surface area contributed by atoms with Crippen LogP contribution in [0, 0.1) is 18.4 Å². The zero-order valence-corrected chi connectivity index (χ0v) is 11.0. The molecule has 19 heavy (non-hydrogen) atoms. The van der Waals surface area contributed by atoms with Crippen molar-refractivity contribution < 1.29 is 0 Å². The van der Waals surface area contributed by atoms with E-state index in [1.807, 2.05) is 30.3 Å². The van der Waals surface area contributed by atoms with E-state index in [0.29, 0.717) is 5.82 Å². The molecule has 0 fully saturated rings. The number of benzene rings is 1. The third kappa shape index (κ3) is 3.19. The maximum atomic E-state index is 8.59. The molecule has 1 aromatic carbocycles. The summed E-state index contributed by atoms with van der Waals surface area (Å²) in [6, 6.07) is 9.99. The van der Waals surface area contributed by atoms with Crippen LogP contribution in [0.25, 0.3) is 0 Å². The molecule has 2 rings (SSSR count). The fourth-order valence-corrected chi connectivity index (χ4v) is 1.81. The van der Waals surface area contributed by atoms with Crippen molar-refractivity contribution in [3.8, 4) is 6.19 Å². The van der Waals surface area contributed by atoms with Crippen LogP contribution in [0.5, 0.6) is 0 Å². The second kappa shape index (κ2) is 5.83. The maximum absolute atomic E-state index is 8.59. The molecular formula is C14H15N5. The Morgan fingerprint density at radius 1 is 1.32 bits per heavy atom. The molecule has 96 valence electrons. The van der Waals surface area contributed by atoms with Gasteiger partial charge in [0.2, 0.25) is 0 Å². The quantitative estimate of drug-likeness (QED) is 0.669. The number of aromatic nitrogens is 2. The lowest BCUT2D eigenvalue weighted by molar-refractivity contribution is 0.885. The molecule has 0 saturated heterocycles. The number of hydrogen-bond donors (Lipinski definition) is 1. The Morgan fingerprint density at radius 3 is 2.84 bits per heavy atom. The summed E-state index contributed by atoms with van der Waals surface area (Å²) in [6.45, 7) is 2.85. The van der Waals surface area contributed by atoms with E-state index in [1.165, 1.54) is 17.5 Å². The van der Waals surface area contributed by atoms with Crippen molar-refractivity contribution in [1.29, 1.82) is 5.26 Å². The molecule has 1 aromatic heterocycles. The predicted octanol–water partition coefficient (Wildman–Crippen LogP) is 2.31. The number of nitrogens with one attached hydrogen (secondary N) is 1. The zero-order chi connectivity index (χ0) is 13.7. The maximum Gasteiger partial charge on any atom is 0.182 e. The fourth-order valence-electron chi connectivity index (χ4n) is 1.81. The lowest BCUT2D eigenvalue weighted by atomic mass is 10.1. The molecule has 0 aliphatic rings. The SMILES string of the molecule is Cc1ccccc1CN(C)c1cc(NC#N)ncn1. The predicted molar refractivity (Wildman–Crippen MR) is 74.6 cm³/mol.